The lowest BCUT2D eigenvalue weighted by Crippen LogP contribution is -2.27. The maximum atomic E-state index is 10.5. The smallest absolute Gasteiger partial charge is 0.374 e. The van der Waals surface area contributed by atoms with Gasteiger partial charge in [0.05, 0.1) is 0 Å². The van der Waals surface area contributed by atoms with Crippen LogP contribution in [0, 0.1) is 0 Å². The Bertz CT molecular complexity index is 399. The van der Waals surface area contributed by atoms with E-state index in [9.17, 15) is 13.0 Å². The molecule has 1 aliphatic rings. The average Bonchev–Trinajstić information content (AvgIpc) is 2.45. The monoisotopic (exact) mass is 201 g/mol. The fourth-order valence-corrected chi connectivity index (χ4v) is 1.44. The number of ether oxygens (including phenoxy) is 2. The van der Waals surface area contributed by atoms with Crippen LogP contribution in [-0.4, -0.2) is 14.0 Å². The number of rotatable bonds is 1. The highest BCUT2D eigenvalue weighted by atomic mass is 32.2. The van der Waals surface area contributed by atoms with Crippen LogP contribution in [0.3, 0.4) is 0 Å². The molecule has 1 aromatic rings. The Morgan fingerprint density at radius 3 is 1.92 bits per heavy atom. The van der Waals surface area contributed by atoms with E-state index in [0.29, 0.717) is 0 Å². The molecule has 0 fully saturated rings. The molecule has 0 aliphatic carbocycles. The second-order valence-electron chi connectivity index (χ2n) is 2.46. The summed E-state index contributed by atoms with van der Waals surface area (Å²) in [6.07, 6.45) is 0. The molecule has 69 valence electrons. The summed E-state index contributed by atoms with van der Waals surface area (Å²) in [5.74, 6) is 0.541. The maximum Gasteiger partial charge on any atom is 0.374 e. The molecule has 0 spiro atoms. The Morgan fingerprint density at radius 1 is 1.08 bits per heavy atom. The highest BCUT2D eigenvalue weighted by Crippen LogP contribution is 2.35. The molecule has 1 aliphatic heterocycles. The van der Waals surface area contributed by atoms with Crippen LogP contribution in [0.15, 0.2) is 24.3 Å². The molecular formula is C7H5O5S. The van der Waals surface area contributed by atoms with Gasteiger partial charge < -0.3 is 9.47 Å². The van der Waals surface area contributed by atoms with Gasteiger partial charge in [0, 0.05) is 0 Å². The Morgan fingerprint density at radius 2 is 1.54 bits per heavy atom. The molecule has 1 heterocycles. The standard InChI is InChI=1S/C7H5O5S/c8-13(9,10)7-11-5-3-1-2-4-6(5)12-7/h1-4,7H. The van der Waals surface area contributed by atoms with Gasteiger partial charge in [-0.2, -0.15) is 8.42 Å². The van der Waals surface area contributed by atoms with Gasteiger partial charge in [-0.3, -0.25) is 0 Å². The van der Waals surface area contributed by atoms with Crippen molar-refractivity contribution in [3.05, 3.63) is 24.3 Å². The van der Waals surface area contributed by atoms with E-state index in [1.54, 1.807) is 12.1 Å². The second kappa shape index (κ2) is 2.61. The minimum atomic E-state index is -4.56. The highest BCUT2D eigenvalue weighted by Gasteiger charge is 2.35. The lowest BCUT2D eigenvalue weighted by Gasteiger charge is -2.02. The topological polar surface area (TPSA) is 72.5 Å². The SMILES string of the molecule is [O]S(=O)(=O)C1Oc2ccccc2O1. The largest absolute Gasteiger partial charge is 0.436 e. The maximum absolute atomic E-state index is 10.5. The molecule has 1 radical (unpaired) electrons. The van der Waals surface area contributed by atoms with Gasteiger partial charge in [-0.05, 0) is 12.1 Å². The van der Waals surface area contributed by atoms with Crippen LogP contribution in [0.1, 0.15) is 0 Å². The minimum absolute atomic E-state index is 0.270. The zero-order valence-corrected chi connectivity index (χ0v) is 7.15. The zero-order valence-electron chi connectivity index (χ0n) is 6.34. The van der Waals surface area contributed by atoms with E-state index in [4.69, 9.17) is 9.47 Å². The van der Waals surface area contributed by atoms with Crippen LogP contribution < -0.4 is 9.47 Å². The van der Waals surface area contributed by atoms with Crippen molar-refractivity contribution in [1.29, 1.82) is 0 Å². The third-order valence-corrected chi connectivity index (χ3v) is 2.20. The number of para-hydroxylation sites is 2. The Labute approximate surface area is 74.6 Å². The van der Waals surface area contributed by atoms with Crippen molar-refractivity contribution in [1.82, 2.24) is 0 Å². The molecule has 0 saturated carbocycles. The van der Waals surface area contributed by atoms with Crippen LogP contribution in [0.2, 0.25) is 0 Å². The van der Waals surface area contributed by atoms with Crippen LogP contribution >= 0.6 is 0 Å². The molecule has 13 heavy (non-hydrogen) atoms. The van der Waals surface area contributed by atoms with Gasteiger partial charge in [0.25, 0.3) is 0 Å². The molecule has 0 aromatic heterocycles. The van der Waals surface area contributed by atoms with Gasteiger partial charge in [0.15, 0.2) is 11.5 Å². The van der Waals surface area contributed by atoms with Gasteiger partial charge in [0.2, 0.25) is 0 Å². The average molecular weight is 201 g/mol. The zero-order chi connectivity index (χ0) is 9.47. The van der Waals surface area contributed by atoms with Crippen molar-refractivity contribution in [2.24, 2.45) is 0 Å². The van der Waals surface area contributed by atoms with E-state index in [2.05, 4.69) is 0 Å². The Hall–Kier alpha value is -1.27. The summed E-state index contributed by atoms with van der Waals surface area (Å²) in [5.41, 5.74) is -1.75. The van der Waals surface area contributed by atoms with E-state index in [1.165, 1.54) is 12.1 Å². The fourth-order valence-electron chi connectivity index (χ4n) is 0.994. The lowest BCUT2D eigenvalue weighted by atomic mass is 10.3. The predicted molar refractivity (Wildman–Crippen MR) is 41.1 cm³/mol. The van der Waals surface area contributed by atoms with E-state index in [-0.39, 0.29) is 11.5 Å². The quantitative estimate of drug-likeness (QED) is 0.663. The normalized spacial score (nSPS) is 16.1. The van der Waals surface area contributed by atoms with Gasteiger partial charge in [-0.25, -0.2) is 0 Å². The van der Waals surface area contributed by atoms with Crippen LogP contribution in [0.5, 0.6) is 11.5 Å². The summed E-state index contributed by atoms with van der Waals surface area (Å²) >= 11 is 0. The van der Waals surface area contributed by atoms with Gasteiger partial charge >= 0.3 is 15.7 Å². The highest BCUT2D eigenvalue weighted by molar-refractivity contribution is 7.85. The summed E-state index contributed by atoms with van der Waals surface area (Å²) < 4.78 is 41.0. The minimum Gasteiger partial charge on any atom is -0.436 e. The van der Waals surface area contributed by atoms with Gasteiger partial charge in [-0.1, -0.05) is 16.7 Å². The first-order valence-corrected chi connectivity index (χ1v) is 4.91. The van der Waals surface area contributed by atoms with Crippen molar-refractivity contribution in [2.75, 3.05) is 0 Å². The molecule has 0 bridgehead atoms. The summed E-state index contributed by atoms with van der Waals surface area (Å²) in [6, 6.07) is 6.37. The molecule has 0 N–H and O–H groups in total. The lowest BCUT2D eigenvalue weighted by molar-refractivity contribution is 0.110. The van der Waals surface area contributed by atoms with E-state index in [1.807, 2.05) is 0 Å². The third kappa shape index (κ3) is 1.45. The second-order valence-corrected chi connectivity index (χ2v) is 3.83. The molecule has 0 atom stereocenters. The number of hydrogen-bond donors (Lipinski definition) is 0. The number of hydrogen-bond acceptors (Lipinski definition) is 4. The van der Waals surface area contributed by atoms with Crippen molar-refractivity contribution < 1.29 is 22.4 Å². The van der Waals surface area contributed by atoms with Crippen molar-refractivity contribution >= 4 is 10.1 Å². The molecular weight excluding hydrogens is 196 g/mol. The Balaban J connectivity index is 2.33. The summed E-state index contributed by atoms with van der Waals surface area (Å²) in [4.78, 5) is 0. The van der Waals surface area contributed by atoms with Gasteiger partial charge in [0.1, 0.15) is 0 Å². The van der Waals surface area contributed by atoms with E-state index in [0.717, 1.165) is 0 Å². The number of fused-ring (bicyclic) bond motifs is 1. The van der Waals surface area contributed by atoms with E-state index >= 15 is 0 Å². The van der Waals surface area contributed by atoms with Crippen LogP contribution in [0.4, 0.5) is 0 Å². The first-order valence-electron chi connectivity index (χ1n) is 3.44. The summed E-state index contributed by atoms with van der Waals surface area (Å²) in [6.45, 7) is 0. The third-order valence-electron chi connectivity index (χ3n) is 1.53. The molecule has 0 amide bonds. The first-order chi connectivity index (χ1) is 6.07. The molecule has 0 saturated heterocycles. The molecule has 5 nitrogen and oxygen atoms in total. The van der Waals surface area contributed by atoms with Gasteiger partial charge in [-0.15, -0.1) is 0 Å². The molecule has 6 heteroatoms. The summed E-state index contributed by atoms with van der Waals surface area (Å²) in [7, 11) is -4.56. The predicted octanol–water partition coefficient (Wildman–Crippen LogP) is 0.502. The Kier molecular flexibility index (Phi) is 1.67. The van der Waals surface area contributed by atoms with Crippen LogP contribution in [0.25, 0.3) is 0 Å². The van der Waals surface area contributed by atoms with E-state index < -0.39 is 15.7 Å². The fraction of sp³-hybridized carbons (Fsp3) is 0.143. The van der Waals surface area contributed by atoms with Crippen molar-refractivity contribution in [2.45, 2.75) is 5.62 Å². The molecule has 0 unspecified atom stereocenters. The van der Waals surface area contributed by atoms with Crippen LogP contribution in [-0.2, 0) is 14.7 Å². The first kappa shape index (κ1) is 8.33. The molecule has 2 rings (SSSR count). The molecule has 1 aromatic carbocycles. The van der Waals surface area contributed by atoms with Crippen molar-refractivity contribution in [3.8, 4) is 11.5 Å². The number of benzene rings is 1. The van der Waals surface area contributed by atoms with Crippen molar-refractivity contribution in [3.63, 3.8) is 0 Å². The summed E-state index contributed by atoms with van der Waals surface area (Å²) in [5, 5.41) is 0.